The summed E-state index contributed by atoms with van der Waals surface area (Å²) in [5, 5.41) is 0. The monoisotopic (exact) mass is 372 g/mol. The number of ether oxygens (including phenoxy) is 1. The van der Waals surface area contributed by atoms with Crippen molar-refractivity contribution in [2.75, 3.05) is 0 Å². The zero-order valence-corrected chi connectivity index (χ0v) is 15.1. The van der Waals surface area contributed by atoms with Crippen LogP contribution in [-0.4, -0.2) is 6.98 Å². The minimum Gasteiger partial charge on any atom is -0.459 e. The molecule has 0 atom stereocenters. The maximum Gasteiger partial charge on any atom is 1.00 e. The van der Waals surface area contributed by atoms with E-state index in [0.717, 1.165) is 12.1 Å². The van der Waals surface area contributed by atoms with E-state index in [1.807, 2.05) is 0 Å². The number of rotatable bonds is 3. The fraction of sp³-hybridized carbons (Fsp3) is 0. The number of para-hydroxylation sites is 1. The Morgan fingerprint density at radius 3 is 2.10 bits per heavy atom. The topological polar surface area (TPSA) is 9.23 Å². The predicted octanol–water partition coefficient (Wildman–Crippen LogP) is 1.44. The molecule has 0 unspecified atom stereocenters. The molecule has 0 aliphatic carbocycles. The molecule has 0 fully saturated rings. The fourth-order valence-corrected chi connectivity index (χ4v) is 1.94. The Morgan fingerprint density at radius 2 is 1.50 bits per heavy atom. The van der Waals surface area contributed by atoms with Crippen LogP contribution in [0.1, 0.15) is 0 Å². The summed E-state index contributed by atoms with van der Waals surface area (Å²) in [6.07, 6.45) is 0. The molecule has 0 aliphatic rings. The molecule has 0 saturated carbocycles. The number of halogens is 5. The molecule has 0 amide bonds. The fourth-order valence-electron chi connectivity index (χ4n) is 1.57. The van der Waals surface area contributed by atoms with Crippen LogP contribution >= 0.6 is 15.9 Å². The van der Waals surface area contributed by atoms with Gasteiger partial charge in [0, 0.05) is 0 Å². The van der Waals surface area contributed by atoms with Gasteiger partial charge in [-0.2, -0.15) is 0 Å². The molecule has 1 nitrogen and oxygen atoms in total. The maximum absolute atomic E-state index is 13.4. The quantitative estimate of drug-likeness (QED) is 0.585. The van der Waals surface area contributed by atoms with Crippen LogP contribution in [0.4, 0.5) is 17.3 Å². The molecule has 2 rings (SSSR count). The molecular weight excluding hydrogens is 366 g/mol. The summed E-state index contributed by atoms with van der Waals surface area (Å²) in [7, 11) is 0. The molecule has 0 saturated heterocycles. The van der Waals surface area contributed by atoms with Crippen LogP contribution in [0, 0.1) is 5.82 Å². The smallest absolute Gasteiger partial charge is 0.459 e. The second kappa shape index (κ2) is 7.42. The van der Waals surface area contributed by atoms with Crippen LogP contribution in [-0.2, 0) is 0 Å². The standard InChI is InChI=1S/C12H7BBrF4O.K/c14-8-4-1-2-6-10(8)19-11-7-3-5-9(15)12(11)13(16,17)18;/h1-7H;/q-1;+1. The summed E-state index contributed by atoms with van der Waals surface area (Å²) >= 11 is 3.15. The predicted molar refractivity (Wildman–Crippen MR) is 69.3 cm³/mol. The van der Waals surface area contributed by atoms with Gasteiger partial charge in [-0.1, -0.05) is 18.2 Å². The molecule has 0 N–H and O–H groups in total. The summed E-state index contributed by atoms with van der Waals surface area (Å²) < 4.78 is 57.5. The van der Waals surface area contributed by atoms with E-state index in [1.165, 1.54) is 12.1 Å². The third-order valence-electron chi connectivity index (χ3n) is 2.40. The summed E-state index contributed by atoms with van der Waals surface area (Å²) in [6, 6.07) is 9.43. The third kappa shape index (κ3) is 4.32. The van der Waals surface area contributed by atoms with Crippen molar-refractivity contribution in [3.8, 4) is 11.5 Å². The molecule has 100 valence electrons. The van der Waals surface area contributed by atoms with Crippen molar-refractivity contribution in [3.05, 3.63) is 52.8 Å². The molecule has 0 radical (unpaired) electrons. The minimum absolute atomic E-state index is 0. The zero-order valence-electron chi connectivity index (χ0n) is 10.4. The van der Waals surface area contributed by atoms with E-state index in [-0.39, 0.29) is 57.1 Å². The summed E-state index contributed by atoms with van der Waals surface area (Å²) in [5.41, 5.74) is -1.35. The Hall–Kier alpha value is 0.141. The van der Waals surface area contributed by atoms with E-state index in [2.05, 4.69) is 15.9 Å². The third-order valence-corrected chi connectivity index (χ3v) is 3.05. The van der Waals surface area contributed by atoms with Crippen LogP contribution < -0.4 is 61.6 Å². The van der Waals surface area contributed by atoms with Crippen molar-refractivity contribution in [1.82, 2.24) is 0 Å². The van der Waals surface area contributed by atoms with Gasteiger partial charge in [0.05, 0.1) is 10.3 Å². The Labute approximate surface area is 164 Å². The van der Waals surface area contributed by atoms with Gasteiger partial charge >= 0.3 is 58.4 Å². The van der Waals surface area contributed by atoms with Gasteiger partial charge in [0.25, 0.3) is 0 Å². The first kappa shape index (κ1) is 18.2. The van der Waals surface area contributed by atoms with Gasteiger partial charge in [-0.3, -0.25) is 0 Å². The Balaban J connectivity index is 0.00000200. The van der Waals surface area contributed by atoms with Gasteiger partial charge in [0.1, 0.15) is 11.5 Å². The van der Waals surface area contributed by atoms with Gasteiger partial charge in [0.2, 0.25) is 0 Å². The van der Waals surface area contributed by atoms with Crippen LogP contribution in [0.2, 0.25) is 0 Å². The van der Waals surface area contributed by atoms with E-state index >= 15 is 0 Å². The molecule has 2 aromatic rings. The average molecular weight is 373 g/mol. The minimum atomic E-state index is -5.49. The van der Waals surface area contributed by atoms with Crippen molar-refractivity contribution >= 4 is 28.4 Å². The van der Waals surface area contributed by atoms with Gasteiger partial charge in [-0.25, -0.2) is 4.39 Å². The Bertz CT molecular complexity index is 606. The van der Waals surface area contributed by atoms with E-state index < -0.39 is 24.0 Å². The molecule has 0 aliphatic heterocycles. The van der Waals surface area contributed by atoms with Crippen LogP contribution in [0.25, 0.3) is 0 Å². The first-order chi connectivity index (χ1) is 8.89. The maximum atomic E-state index is 13.4. The Kier molecular flexibility index (Phi) is 6.75. The van der Waals surface area contributed by atoms with E-state index in [9.17, 15) is 17.3 Å². The molecular formula is C12H7BBrF4KO. The first-order valence-corrected chi connectivity index (χ1v) is 6.09. The van der Waals surface area contributed by atoms with Crippen molar-refractivity contribution in [2.24, 2.45) is 0 Å². The van der Waals surface area contributed by atoms with Crippen LogP contribution in [0.3, 0.4) is 0 Å². The van der Waals surface area contributed by atoms with Crippen LogP contribution in [0.15, 0.2) is 46.9 Å². The molecule has 0 heterocycles. The molecule has 0 aromatic heterocycles. The number of hydrogen-bond acceptors (Lipinski definition) is 1. The first-order valence-electron chi connectivity index (χ1n) is 5.30. The Morgan fingerprint density at radius 1 is 0.900 bits per heavy atom. The van der Waals surface area contributed by atoms with E-state index in [4.69, 9.17) is 4.74 Å². The van der Waals surface area contributed by atoms with Crippen LogP contribution in [0.5, 0.6) is 11.5 Å². The summed E-state index contributed by atoms with van der Waals surface area (Å²) in [5.74, 6) is -1.69. The second-order valence-corrected chi connectivity index (χ2v) is 4.61. The summed E-state index contributed by atoms with van der Waals surface area (Å²) in [4.78, 5) is 0. The van der Waals surface area contributed by atoms with Crippen molar-refractivity contribution < 1.29 is 73.5 Å². The largest absolute Gasteiger partial charge is 1.00 e. The number of benzene rings is 2. The van der Waals surface area contributed by atoms with Gasteiger partial charge < -0.3 is 17.7 Å². The van der Waals surface area contributed by atoms with Gasteiger partial charge in [-0.15, -0.1) is 0 Å². The molecule has 20 heavy (non-hydrogen) atoms. The summed E-state index contributed by atoms with van der Waals surface area (Å²) in [6.45, 7) is -5.49. The van der Waals surface area contributed by atoms with Crippen molar-refractivity contribution in [3.63, 3.8) is 0 Å². The SMILES string of the molecule is Fc1cccc(Oc2ccccc2Br)c1[B-](F)(F)F.[K+]. The average Bonchev–Trinajstić information content (AvgIpc) is 2.30. The second-order valence-electron chi connectivity index (χ2n) is 3.76. The van der Waals surface area contributed by atoms with Gasteiger partial charge in [-0.05, 0) is 45.7 Å². The van der Waals surface area contributed by atoms with Gasteiger partial charge in [0.15, 0.2) is 0 Å². The normalized spacial score (nSPS) is 10.8. The molecule has 2 aromatic carbocycles. The van der Waals surface area contributed by atoms with E-state index in [0.29, 0.717) is 4.47 Å². The van der Waals surface area contributed by atoms with E-state index in [1.54, 1.807) is 18.2 Å². The zero-order chi connectivity index (χ0) is 14.0. The molecule has 0 bridgehead atoms. The van der Waals surface area contributed by atoms with Crippen molar-refractivity contribution in [2.45, 2.75) is 0 Å². The molecule has 8 heteroatoms. The number of hydrogen-bond donors (Lipinski definition) is 0. The molecule has 0 spiro atoms. The van der Waals surface area contributed by atoms with Crippen molar-refractivity contribution in [1.29, 1.82) is 0 Å².